The van der Waals surface area contributed by atoms with E-state index in [0.29, 0.717) is 13.2 Å². The Morgan fingerprint density at radius 1 is 0.920 bits per heavy atom. The highest BCUT2D eigenvalue weighted by Gasteiger charge is 2.21. The molecule has 1 N–H and O–H groups in total. The number of unbranched alkanes of at least 4 members (excludes halogenated alkanes) is 4. The van der Waals surface area contributed by atoms with E-state index in [1.807, 2.05) is 0 Å². The van der Waals surface area contributed by atoms with Crippen LogP contribution in [0.1, 0.15) is 79.1 Å². The van der Waals surface area contributed by atoms with Crippen LogP contribution in [-0.2, 0) is 25.6 Å². The van der Waals surface area contributed by atoms with Crippen molar-refractivity contribution in [3.05, 3.63) is 0 Å². The largest absolute Gasteiger partial charge is 0.481 e. The maximum atomic E-state index is 10.8. The number of aliphatic carboxylic acids is 1. The summed E-state index contributed by atoms with van der Waals surface area (Å²) in [6.07, 6.45) is 9.00. The van der Waals surface area contributed by atoms with Crippen LogP contribution in [0, 0.1) is 11.8 Å². The minimum Gasteiger partial charge on any atom is -0.481 e. The molecular weight excluding hydrogens is 375 g/mol. The Morgan fingerprint density at radius 2 is 1.36 bits per heavy atom. The van der Waals surface area contributed by atoms with Gasteiger partial charge < -0.3 is 14.2 Å². The SMILES string of the molecule is CC(C)CCCCCOP(=S)(OCCCCCC(C)C)SCC(=O)O. The molecule has 0 atom stereocenters. The molecule has 0 spiro atoms. The fraction of sp³-hybridized carbons (Fsp3) is 0.944. The Labute approximate surface area is 163 Å². The molecule has 0 saturated carbocycles. The molecule has 0 aliphatic carbocycles. The van der Waals surface area contributed by atoms with Gasteiger partial charge in [-0.05, 0) is 36.5 Å². The molecule has 25 heavy (non-hydrogen) atoms. The molecule has 0 aromatic carbocycles. The first-order valence-electron chi connectivity index (χ1n) is 9.50. The molecule has 0 amide bonds. The first-order chi connectivity index (χ1) is 11.7. The number of carboxylic acid groups (broad SMARTS) is 1. The number of hydrogen-bond donors (Lipinski definition) is 1. The second-order valence-electron chi connectivity index (χ2n) is 7.27. The molecule has 0 unspecified atom stereocenters. The van der Waals surface area contributed by atoms with E-state index < -0.39 is 11.7 Å². The quantitative estimate of drug-likeness (QED) is 0.217. The smallest absolute Gasteiger partial charge is 0.314 e. The Hall–Kier alpha value is 0.390. The van der Waals surface area contributed by atoms with Crippen molar-refractivity contribution in [2.24, 2.45) is 11.8 Å². The van der Waals surface area contributed by atoms with Crippen molar-refractivity contribution in [2.75, 3.05) is 19.0 Å². The normalized spacial score (nSPS) is 12.2. The van der Waals surface area contributed by atoms with Gasteiger partial charge in [-0.1, -0.05) is 77.6 Å². The van der Waals surface area contributed by atoms with Crippen molar-refractivity contribution in [3.63, 3.8) is 0 Å². The molecule has 4 nitrogen and oxygen atoms in total. The third-order valence-electron chi connectivity index (χ3n) is 3.70. The van der Waals surface area contributed by atoms with Crippen LogP contribution in [0.25, 0.3) is 0 Å². The van der Waals surface area contributed by atoms with E-state index in [1.54, 1.807) is 0 Å². The van der Waals surface area contributed by atoms with E-state index in [9.17, 15) is 4.79 Å². The summed E-state index contributed by atoms with van der Waals surface area (Å²) in [6.45, 7) is 10.0. The zero-order chi connectivity index (χ0) is 19.1. The van der Waals surface area contributed by atoms with E-state index in [1.165, 1.54) is 25.7 Å². The summed E-state index contributed by atoms with van der Waals surface area (Å²) in [6, 6.07) is 0. The van der Waals surface area contributed by atoms with Gasteiger partial charge in [-0.3, -0.25) is 4.79 Å². The first kappa shape index (κ1) is 25.4. The maximum absolute atomic E-state index is 10.8. The van der Waals surface area contributed by atoms with Crippen molar-refractivity contribution >= 4 is 34.9 Å². The standard InChI is InChI=1S/C18H37O4PS2/c1-16(2)11-7-5-9-13-21-23(24,25-15-18(19)20)22-14-10-6-8-12-17(3)4/h16-17H,5-15H2,1-4H3,(H,19,20). The minimum atomic E-state index is -2.54. The molecule has 150 valence electrons. The second kappa shape index (κ2) is 15.4. The van der Waals surface area contributed by atoms with Crippen molar-refractivity contribution in [1.82, 2.24) is 0 Å². The molecule has 7 heteroatoms. The van der Waals surface area contributed by atoms with Gasteiger partial charge in [0.1, 0.15) is 5.75 Å². The van der Waals surface area contributed by atoms with Gasteiger partial charge in [0.25, 0.3) is 0 Å². The summed E-state index contributed by atoms with van der Waals surface area (Å²) < 4.78 is 11.7. The van der Waals surface area contributed by atoms with E-state index in [0.717, 1.165) is 48.9 Å². The Bertz CT molecular complexity index is 365. The fourth-order valence-electron chi connectivity index (χ4n) is 2.26. The molecule has 0 rings (SSSR count). The summed E-state index contributed by atoms with van der Waals surface area (Å²) in [4.78, 5) is 10.8. The van der Waals surface area contributed by atoms with E-state index in [-0.39, 0.29) is 5.75 Å². The number of carboxylic acids is 1. The molecule has 0 aromatic heterocycles. The van der Waals surface area contributed by atoms with Crippen LogP contribution >= 0.6 is 17.1 Å². The number of hydrogen-bond acceptors (Lipinski definition) is 5. The molecule has 0 aliphatic heterocycles. The predicted molar refractivity (Wildman–Crippen MR) is 113 cm³/mol. The van der Waals surface area contributed by atoms with Crippen LogP contribution in [0.15, 0.2) is 0 Å². The van der Waals surface area contributed by atoms with Gasteiger partial charge in [-0.2, -0.15) is 0 Å². The van der Waals surface area contributed by atoms with Crippen molar-refractivity contribution in [2.45, 2.75) is 79.1 Å². The van der Waals surface area contributed by atoms with Crippen LogP contribution in [0.2, 0.25) is 0 Å². The Balaban J connectivity index is 4.07. The highest BCUT2D eigenvalue weighted by atomic mass is 32.9. The van der Waals surface area contributed by atoms with E-state index in [2.05, 4.69) is 27.7 Å². The van der Waals surface area contributed by atoms with Crippen molar-refractivity contribution in [1.29, 1.82) is 0 Å². The minimum absolute atomic E-state index is 0.0576. The van der Waals surface area contributed by atoms with Gasteiger partial charge in [-0.25, -0.2) is 0 Å². The molecule has 0 fully saturated rings. The lowest BCUT2D eigenvalue weighted by atomic mass is 10.1. The van der Waals surface area contributed by atoms with Crippen LogP contribution in [-0.4, -0.2) is 30.0 Å². The van der Waals surface area contributed by atoms with Crippen LogP contribution in [0.3, 0.4) is 0 Å². The van der Waals surface area contributed by atoms with Crippen molar-refractivity contribution in [3.8, 4) is 0 Å². The second-order valence-corrected chi connectivity index (χ2v) is 13.6. The van der Waals surface area contributed by atoms with Crippen LogP contribution in [0.5, 0.6) is 0 Å². The van der Waals surface area contributed by atoms with Crippen molar-refractivity contribution < 1.29 is 18.9 Å². The molecule has 0 heterocycles. The zero-order valence-electron chi connectivity index (χ0n) is 16.4. The lowest BCUT2D eigenvalue weighted by Gasteiger charge is -2.21. The monoisotopic (exact) mass is 412 g/mol. The number of carbonyl (C=O) groups is 1. The molecule has 0 saturated heterocycles. The fourth-order valence-corrected chi connectivity index (χ4v) is 6.08. The Kier molecular flexibility index (Phi) is 15.7. The summed E-state index contributed by atoms with van der Waals surface area (Å²) >= 11 is 6.68. The average Bonchev–Trinajstić information content (AvgIpc) is 2.52. The molecule has 0 aromatic rings. The molecule has 0 bridgehead atoms. The highest BCUT2D eigenvalue weighted by molar-refractivity contribution is 8.68. The summed E-state index contributed by atoms with van der Waals surface area (Å²) in [5.41, 5.74) is -2.54. The van der Waals surface area contributed by atoms with Gasteiger partial charge in [0.2, 0.25) is 5.69 Å². The summed E-state index contributed by atoms with van der Waals surface area (Å²) in [5.74, 6) is 0.534. The van der Waals surface area contributed by atoms with Gasteiger partial charge in [0, 0.05) is 0 Å². The third kappa shape index (κ3) is 17.6. The van der Waals surface area contributed by atoms with Gasteiger partial charge in [0.05, 0.1) is 13.2 Å². The lowest BCUT2D eigenvalue weighted by molar-refractivity contribution is -0.133. The van der Waals surface area contributed by atoms with Gasteiger partial charge in [-0.15, -0.1) is 0 Å². The van der Waals surface area contributed by atoms with Gasteiger partial charge in [0.15, 0.2) is 0 Å². The lowest BCUT2D eigenvalue weighted by Crippen LogP contribution is -2.02. The molecule has 0 radical (unpaired) electrons. The summed E-state index contributed by atoms with van der Waals surface area (Å²) in [7, 11) is 0. The van der Waals surface area contributed by atoms with Crippen LogP contribution in [0.4, 0.5) is 0 Å². The highest BCUT2D eigenvalue weighted by Crippen LogP contribution is 2.61. The molecule has 0 aliphatic rings. The Morgan fingerprint density at radius 3 is 1.72 bits per heavy atom. The number of rotatable bonds is 17. The van der Waals surface area contributed by atoms with Crippen LogP contribution < -0.4 is 0 Å². The molecular formula is C18H37O4PS2. The third-order valence-corrected chi connectivity index (χ3v) is 8.94. The van der Waals surface area contributed by atoms with E-state index >= 15 is 0 Å². The average molecular weight is 413 g/mol. The van der Waals surface area contributed by atoms with E-state index in [4.69, 9.17) is 26.0 Å². The summed E-state index contributed by atoms with van der Waals surface area (Å²) in [5, 5.41) is 8.90. The predicted octanol–water partition coefficient (Wildman–Crippen LogP) is 6.49. The van der Waals surface area contributed by atoms with Gasteiger partial charge >= 0.3 is 5.97 Å². The topological polar surface area (TPSA) is 55.8 Å². The maximum Gasteiger partial charge on any atom is 0.314 e. The zero-order valence-corrected chi connectivity index (χ0v) is 18.9. The first-order valence-corrected chi connectivity index (χ1v) is 13.7.